The molecule has 0 radical (unpaired) electrons. The van der Waals surface area contributed by atoms with Gasteiger partial charge < -0.3 is 10.5 Å². The van der Waals surface area contributed by atoms with Gasteiger partial charge in [0.2, 0.25) is 0 Å². The molecule has 2 nitrogen and oxygen atoms in total. The van der Waals surface area contributed by atoms with Crippen LogP contribution in [-0.2, 0) is 11.3 Å². The third-order valence-corrected chi connectivity index (χ3v) is 3.23. The van der Waals surface area contributed by atoms with E-state index in [4.69, 9.17) is 10.5 Å². The Morgan fingerprint density at radius 2 is 1.81 bits per heavy atom. The van der Waals surface area contributed by atoms with E-state index in [2.05, 4.69) is 22.0 Å². The average Bonchev–Trinajstić information content (AvgIpc) is 2.30. The molecule has 0 atom stereocenters. The third kappa shape index (κ3) is 5.64. The average molecular weight is 286 g/mol. The van der Waals surface area contributed by atoms with E-state index < -0.39 is 0 Å². The van der Waals surface area contributed by atoms with Gasteiger partial charge in [0, 0.05) is 11.1 Å². The summed E-state index contributed by atoms with van der Waals surface area (Å²) in [6.07, 6.45) is 4.69. The Hall–Kier alpha value is -0.380. The summed E-state index contributed by atoms with van der Waals surface area (Å²) in [5, 5.41) is 0. The summed E-state index contributed by atoms with van der Waals surface area (Å²) in [6, 6.07) is 8.17. The highest BCUT2D eigenvalue weighted by molar-refractivity contribution is 9.10. The molecule has 0 saturated heterocycles. The molecule has 0 aliphatic rings. The maximum absolute atomic E-state index is 5.62. The van der Waals surface area contributed by atoms with Crippen molar-refractivity contribution >= 4 is 15.9 Å². The zero-order valence-corrected chi connectivity index (χ0v) is 11.2. The van der Waals surface area contributed by atoms with E-state index in [1.165, 1.54) is 18.4 Å². The number of ether oxygens (including phenoxy) is 1. The largest absolute Gasteiger partial charge is 0.377 e. The van der Waals surface area contributed by atoms with Crippen molar-refractivity contribution in [3.05, 3.63) is 34.3 Å². The summed E-state index contributed by atoms with van der Waals surface area (Å²) in [5.41, 5.74) is 6.64. The number of rotatable bonds is 8. The standard InChI is InChI=1S/C13H20BrNO/c14-13-8-4-3-7-12(13)11-16-10-6-2-1-5-9-15/h3-4,7-8H,1-2,5-6,9-11,15H2. The molecule has 0 aliphatic heterocycles. The SMILES string of the molecule is NCCCCCCOCc1ccccc1Br. The highest BCUT2D eigenvalue weighted by atomic mass is 79.9. The second kappa shape index (κ2) is 8.74. The smallest absolute Gasteiger partial charge is 0.0727 e. The molecular weight excluding hydrogens is 266 g/mol. The first-order chi connectivity index (χ1) is 7.84. The number of hydrogen-bond donors (Lipinski definition) is 1. The molecule has 0 bridgehead atoms. The van der Waals surface area contributed by atoms with E-state index >= 15 is 0 Å². The lowest BCUT2D eigenvalue weighted by atomic mass is 10.2. The van der Waals surface area contributed by atoms with Crippen molar-refractivity contribution in [1.82, 2.24) is 0 Å². The number of benzene rings is 1. The molecule has 90 valence electrons. The maximum Gasteiger partial charge on any atom is 0.0727 e. The predicted octanol–water partition coefficient (Wildman–Crippen LogP) is 3.48. The summed E-state index contributed by atoms with van der Waals surface area (Å²) in [4.78, 5) is 0. The Bertz CT molecular complexity index is 291. The molecule has 1 aromatic rings. The van der Waals surface area contributed by atoms with E-state index in [9.17, 15) is 0 Å². The summed E-state index contributed by atoms with van der Waals surface area (Å²) in [5.74, 6) is 0. The zero-order chi connectivity index (χ0) is 11.6. The van der Waals surface area contributed by atoms with Crippen molar-refractivity contribution in [3.8, 4) is 0 Å². The van der Waals surface area contributed by atoms with Crippen LogP contribution in [0.15, 0.2) is 28.7 Å². The Balaban J connectivity index is 2.05. The number of hydrogen-bond acceptors (Lipinski definition) is 2. The van der Waals surface area contributed by atoms with Crippen LogP contribution in [0.25, 0.3) is 0 Å². The molecule has 0 saturated carbocycles. The quantitative estimate of drug-likeness (QED) is 0.742. The van der Waals surface area contributed by atoms with Gasteiger partial charge in [-0.15, -0.1) is 0 Å². The Morgan fingerprint density at radius 1 is 1.06 bits per heavy atom. The molecule has 0 spiro atoms. The molecule has 1 aromatic carbocycles. The van der Waals surface area contributed by atoms with Crippen LogP contribution < -0.4 is 5.73 Å². The van der Waals surface area contributed by atoms with Crippen LogP contribution in [0.4, 0.5) is 0 Å². The molecule has 1 rings (SSSR count). The van der Waals surface area contributed by atoms with Crippen molar-refractivity contribution in [1.29, 1.82) is 0 Å². The Labute approximate surface area is 106 Å². The van der Waals surface area contributed by atoms with Gasteiger partial charge in [0.1, 0.15) is 0 Å². The van der Waals surface area contributed by atoms with Crippen LogP contribution in [0.3, 0.4) is 0 Å². The molecule has 0 aliphatic carbocycles. The van der Waals surface area contributed by atoms with Gasteiger partial charge >= 0.3 is 0 Å². The lowest BCUT2D eigenvalue weighted by molar-refractivity contribution is 0.116. The van der Waals surface area contributed by atoms with Crippen LogP contribution in [0.2, 0.25) is 0 Å². The molecule has 3 heteroatoms. The fourth-order valence-corrected chi connectivity index (χ4v) is 1.90. The van der Waals surface area contributed by atoms with E-state index in [-0.39, 0.29) is 0 Å². The molecular formula is C13H20BrNO. The minimum atomic E-state index is 0.693. The topological polar surface area (TPSA) is 35.2 Å². The van der Waals surface area contributed by atoms with Crippen LogP contribution in [-0.4, -0.2) is 13.2 Å². The molecule has 16 heavy (non-hydrogen) atoms. The van der Waals surface area contributed by atoms with Gasteiger partial charge in [-0.3, -0.25) is 0 Å². The first-order valence-electron chi connectivity index (χ1n) is 5.86. The monoisotopic (exact) mass is 285 g/mol. The van der Waals surface area contributed by atoms with Crippen molar-refractivity contribution in [2.75, 3.05) is 13.2 Å². The lowest BCUT2D eigenvalue weighted by Crippen LogP contribution is -1.99. The van der Waals surface area contributed by atoms with Crippen molar-refractivity contribution < 1.29 is 4.74 Å². The van der Waals surface area contributed by atoms with Crippen LogP contribution >= 0.6 is 15.9 Å². The summed E-state index contributed by atoms with van der Waals surface area (Å²) >= 11 is 3.51. The van der Waals surface area contributed by atoms with Gasteiger partial charge in [-0.05, 0) is 31.0 Å². The van der Waals surface area contributed by atoms with E-state index in [1.807, 2.05) is 18.2 Å². The van der Waals surface area contributed by atoms with Gasteiger partial charge in [0.15, 0.2) is 0 Å². The van der Waals surface area contributed by atoms with Crippen LogP contribution in [0, 0.1) is 0 Å². The number of halogens is 1. The summed E-state index contributed by atoms with van der Waals surface area (Å²) in [7, 11) is 0. The lowest BCUT2D eigenvalue weighted by Gasteiger charge is -2.06. The van der Waals surface area contributed by atoms with E-state index in [0.29, 0.717) is 6.61 Å². The minimum Gasteiger partial charge on any atom is -0.377 e. The van der Waals surface area contributed by atoms with Gasteiger partial charge in [-0.25, -0.2) is 0 Å². The van der Waals surface area contributed by atoms with Gasteiger partial charge in [-0.2, -0.15) is 0 Å². The fourth-order valence-electron chi connectivity index (χ4n) is 1.50. The van der Waals surface area contributed by atoms with Crippen LogP contribution in [0.5, 0.6) is 0 Å². The van der Waals surface area contributed by atoms with E-state index in [1.54, 1.807) is 0 Å². The van der Waals surface area contributed by atoms with Gasteiger partial charge in [0.25, 0.3) is 0 Å². The first-order valence-corrected chi connectivity index (χ1v) is 6.65. The number of nitrogens with two attached hydrogens (primary N) is 1. The van der Waals surface area contributed by atoms with Crippen molar-refractivity contribution in [2.45, 2.75) is 32.3 Å². The Morgan fingerprint density at radius 3 is 2.56 bits per heavy atom. The molecule has 0 unspecified atom stereocenters. The molecule has 0 fully saturated rings. The van der Waals surface area contributed by atoms with Crippen LogP contribution in [0.1, 0.15) is 31.2 Å². The maximum atomic E-state index is 5.62. The second-order valence-corrected chi connectivity index (χ2v) is 4.70. The molecule has 0 amide bonds. The van der Waals surface area contributed by atoms with Crippen molar-refractivity contribution in [2.24, 2.45) is 5.73 Å². The minimum absolute atomic E-state index is 0.693. The molecule has 2 N–H and O–H groups in total. The highest BCUT2D eigenvalue weighted by Gasteiger charge is 1.97. The zero-order valence-electron chi connectivity index (χ0n) is 9.62. The Kier molecular flexibility index (Phi) is 7.47. The van der Waals surface area contributed by atoms with E-state index in [0.717, 1.165) is 30.5 Å². The van der Waals surface area contributed by atoms with Crippen molar-refractivity contribution in [3.63, 3.8) is 0 Å². The van der Waals surface area contributed by atoms with Gasteiger partial charge in [-0.1, -0.05) is 47.0 Å². The van der Waals surface area contributed by atoms with Gasteiger partial charge in [0.05, 0.1) is 6.61 Å². The first kappa shape index (κ1) is 13.7. The predicted molar refractivity (Wildman–Crippen MR) is 71.3 cm³/mol. The normalized spacial score (nSPS) is 10.6. The number of unbranched alkanes of at least 4 members (excludes halogenated alkanes) is 3. The fraction of sp³-hybridized carbons (Fsp3) is 0.538. The summed E-state index contributed by atoms with van der Waals surface area (Å²) in [6.45, 7) is 2.34. The highest BCUT2D eigenvalue weighted by Crippen LogP contribution is 2.16. The third-order valence-electron chi connectivity index (χ3n) is 2.46. The molecule has 0 aromatic heterocycles. The summed E-state index contributed by atoms with van der Waals surface area (Å²) < 4.78 is 6.74. The second-order valence-electron chi connectivity index (χ2n) is 3.85. The molecule has 0 heterocycles.